The van der Waals surface area contributed by atoms with Gasteiger partial charge in [0.1, 0.15) is 16.5 Å². The van der Waals surface area contributed by atoms with Crippen molar-refractivity contribution in [2.45, 2.75) is 33.1 Å². The average Bonchev–Trinajstić information content (AvgIpc) is 3.32. The number of hydrogen-bond acceptors (Lipinski definition) is 4. The summed E-state index contributed by atoms with van der Waals surface area (Å²) in [7, 11) is 0. The molecular weight excluding hydrogens is 432 g/mol. The Hall–Kier alpha value is -2.83. The van der Waals surface area contributed by atoms with E-state index in [4.69, 9.17) is 21.8 Å². The van der Waals surface area contributed by atoms with Crippen LogP contribution in [-0.4, -0.2) is 11.8 Å². The number of furan rings is 1. The van der Waals surface area contributed by atoms with Gasteiger partial charge >= 0.3 is 0 Å². The largest absolute Gasteiger partial charge is 0.457 e. The minimum absolute atomic E-state index is 0.342. The van der Waals surface area contributed by atoms with Crippen molar-refractivity contribution >= 4 is 45.8 Å². The summed E-state index contributed by atoms with van der Waals surface area (Å²) in [6.07, 6.45) is 5.72. The van der Waals surface area contributed by atoms with Crippen LogP contribution < -0.4 is 11.1 Å². The highest BCUT2D eigenvalue weighted by Crippen LogP contribution is 2.39. The van der Waals surface area contributed by atoms with Crippen molar-refractivity contribution < 1.29 is 14.0 Å². The van der Waals surface area contributed by atoms with Crippen LogP contribution in [0.15, 0.2) is 40.8 Å². The van der Waals surface area contributed by atoms with Crippen molar-refractivity contribution in [3.8, 4) is 11.3 Å². The topological polar surface area (TPSA) is 85.3 Å². The lowest BCUT2D eigenvalue weighted by atomic mass is 9.88. The van der Waals surface area contributed by atoms with Gasteiger partial charge in [0.2, 0.25) is 5.91 Å². The van der Waals surface area contributed by atoms with Crippen molar-refractivity contribution in [1.29, 1.82) is 0 Å². The Balaban J connectivity index is 1.49. The Morgan fingerprint density at radius 2 is 2.10 bits per heavy atom. The predicted octanol–water partition coefficient (Wildman–Crippen LogP) is 5.85. The summed E-state index contributed by atoms with van der Waals surface area (Å²) in [6, 6.07) is 9.33. The number of fused-ring (bicyclic) bond motifs is 1. The van der Waals surface area contributed by atoms with Crippen molar-refractivity contribution in [3.63, 3.8) is 0 Å². The quantitative estimate of drug-likeness (QED) is 0.474. The molecule has 0 saturated carbocycles. The number of halogens is 1. The fourth-order valence-electron chi connectivity index (χ4n) is 3.75. The zero-order chi connectivity index (χ0) is 22.1. The molecule has 0 unspecified atom stereocenters. The summed E-state index contributed by atoms with van der Waals surface area (Å²) in [5.74, 6) is 0.922. The molecule has 1 atom stereocenters. The highest BCUT2D eigenvalue weighted by Gasteiger charge is 2.26. The van der Waals surface area contributed by atoms with E-state index in [1.807, 2.05) is 31.2 Å². The van der Waals surface area contributed by atoms with E-state index in [2.05, 4.69) is 12.2 Å². The SMILES string of the molecule is Cc1ccc(-c2ccc(/C=C/C(=O)Nc3sc4c(c3C(N)=O)CC[C@H](C)C4)o2)cc1Cl. The Bertz CT molecular complexity index is 1190. The van der Waals surface area contributed by atoms with Crippen LogP contribution in [0.25, 0.3) is 17.4 Å². The van der Waals surface area contributed by atoms with Crippen molar-refractivity contribution in [2.24, 2.45) is 11.7 Å². The predicted molar refractivity (Wildman–Crippen MR) is 126 cm³/mol. The molecule has 0 bridgehead atoms. The van der Waals surface area contributed by atoms with E-state index < -0.39 is 5.91 Å². The number of nitrogens with two attached hydrogens (primary N) is 1. The monoisotopic (exact) mass is 454 g/mol. The molecule has 7 heteroatoms. The normalized spacial score (nSPS) is 15.8. The number of anilines is 1. The van der Waals surface area contributed by atoms with E-state index in [0.29, 0.717) is 33.0 Å². The van der Waals surface area contributed by atoms with E-state index in [9.17, 15) is 9.59 Å². The molecule has 0 spiro atoms. The van der Waals surface area contributed by atoms with Gasteiger partial charge in [-0.05, 0) is 67.5 Å². The standard InChI is InChI=1S/C24H23ClN2O3S/c1-13-3-8-17-20(11-13)31-24(22(17)23(26)29)27-21(28)10-7-16-6-9-19(30-16)15-5-4-14(2)18(25)12-15/h4-7,9-10,12-13H,3,8,11H2,1-2H3,(H2,26,29)(H,27,28)/b10-7+/t13-/m0/s1. The van der Waals surface area contributed by atoms with Crippen LogP contribution >= 0.6 is 22.9 Å². The number of rotatable bonds is 5. The molecule has 5 nitrogen and oxygen atoms in total. The molecule has 0 radical (unpaired) electrons. The summed E-state index contributed by atoms with van der Waals surface area (Å²) >= 11 is 7.64. The maximum atomic E-state index is 12.5. The lowest BCUT2D eigenvalue weighted by molar-refractivity contribution is -0.111. The molecule has 0 aliphatic heterocycles. The second kappa shape index (κ2) is 8.73. The molecule has 2 amide bonds. The highest BCUT2D eigenvalue weighted by molar-refractivity contribution is 7.17. The summed E-state index contributed by atoms with van der Waals surface area (Å²) in [6.45, 7) is 4.13. The van der Waals surface area contributed by atoms with Crippen molar-refractivity contribution in [3.05, 3.63) is 68.8 Å². The van der Waals surface area contributed by atoms with Gasteiger partial charge in [-0.2, -0.15) is 0 Å². The minimum Gasteiger partial charge on any atom is -0.457 e. The summed E-state index contributed by atoms with van der Waals surface area (Å²) in [4.78, 5) is 25.6. The number of benzene rings is 1. The highest BCUT2D eigenvalue weighted by atomic mass is 35.5. The molecule has 1 aliphatic carbocycles. The van der Waals surface area contributed by atoms with E-state index in [-0.39, 0.29) is 5.91 Å². The summed E-state index contributed by atoms with van der Waals surface area (Å²) in [5.41, 5.74) is 8.91. The molecule has 1 aromatic carbocycles. The first-order chi connectivity index (χ1) is 14.8. The third kappa shape index (κ3) is 4.60. The number of amides is 2. The number of carbonyl (C=O) groups excluding carboxylic acids is 2. The fraction of sp³-hybridized carbons (Fsp3) is 0.250. The van der Waals surface area contributed by atoms with E-state index in [1.165, 1.54) is 17.4 Å². The number of nitrogens with one attached hydrogen (secondary N) is 1. The summed E-state index contributed by atoms with van der Waals surface area (Å²) in [5, 5.41) is 4.01. The maximum absolute atomic E-state index is 12.5. The van der Waals surface area contributed by atoms with Gasteiger partial charge < -0.3 is 15.5 Å². The van der Waals surface area contributed by atoms with Crippen LogP contribution in [-0.2, 0) is 17.6 Å². The van der Waals surface area contributed by atoms with Crippen LogP contribution in [0.3, 0.4) is 0 Å². The Morgan fingerprint density at radius 1 is 1.29 bits per heavy atom. The summed E-state index contributed by atoms with van der Waals surface area (Å²) < 4.78 is 5.81. The van der Waals surface area contributed by atoms with Gasteiger partial charge in [0.05, 0.1) is 5.56 Å². The minimum atomic E-state index is -0.501. The number of hydrogen-bond donors (Lipinski definition) is 2. The molecule has 160 valence electrons. The Kier molecular flexibility index (Phi) is 6.03. The average molecular weight is 455 g/mol. The van der Waals surface area contributed by atoms with Crippen LogP contribution in [0.5, 0.6) is 0 Å². The first-order valence-corrected chi connectivity index (χ1v) is 11.3. The lowest BCUT2D eigenvalue weighted by Gasteiger charge is -2.18. The molecule has 2 heterocycles. The van der Waals surface area contributed by atoms with Crippen molar-refractivity contribution in [1.82, 2.24) is 0 Å². The zero-order valence-electron chi connectivity index (χ0n) is 17.3. The van der Waals surface area contributed by atoms with E-state index in [1.54, 1.807) is 12.1 Å². The van der Waals surface area contributed by atoms with Gasteiger partial charge in [-0.1, -0.05) is 30.7 Å². The number of primary amides is 1. The molecule has 1 aliphatic rings. The van der Waals surface area contributed by atoms with Crippen LogP contribution in [0.4, 0.5) is 5.00 Å². The molecule has 3 N–H and O–H groups in total. The van der Waals surface area contributed by atoms with E-state index in [0.717, 1.165) is 40.8 Å². The molecule has 2 aromatic heterocycles. The molecule has 3 aromatic rings. The Morgan fingerprint density at radius 3 is 2.84 bits per heavy atom. The first-order valence-electron chi connectivity index (χ1n) is 10.1. The number of carbonyl (C=O) groups is 2. The van der Waals surface area contributed by atoms with Gasteiger partial charge in [0, 0.05) is 21.5 Å². The third-order valence-electron chi connectivity index (χ3n) is 5.48. The maximum Gasteiger partial charge on any atom is 0.251 e. The second-order valence-corrected chi connectivity index (χ2v) is 9.42. The molecular formula is C24H23ClN2O3S. The third-order valence-corrected chi connectivity index (χ3v) is 7.05. The van der Waals surface area contributed by atoms with E-state index >= 15 is 0 Å². The molecule has 0 saturated heterocycles. The van der Waals surface area contributed by atoms with Gasteiger partial charge in [0.25, 0.3) is 5.91 Å². The van der Waals surface area contributed by atoms with Crippen LogP contribution in [0.1, 0.15) is 45.5 Å². The zero-order valence-corrected chi connectivity index (χ0v) is 18.9. The molecule has 4 rings (SSSR count). The number of aryl methyl sites for hydroxylation is 1. The number of thiophene rings is 1. The fourth-order valence-corrected chi connectivity index (χ4v) is 5.35. The van der Waals surface area contributed by atoms with Gasteiger partial charge in [-0.3, -0.25) is 9.59 Å². The van der Waals surface area contributed by atoms with Crippen LogP contribution in [0.2, 0.25) is 5.02 Å². The first kappa shape index (κ1) is 21.4. The van der Waals surface area contributed by atoms with Crippen LogP contribution in [0, 0.1) is 12.8 Å². The molecule has 0 fully saturated rings. The van der Waals surface area contributed by atoms with Crippen molar-refractivity contribution in [2.75, 3.05) is 5.32 Å². The second-order valence-electron chi connectivity index (χ2n) is 7.91. The van der Waals surface area contributed by atoms with Gasteiger partial charge in [0.15, 0.2) is 0 Å². The lowest BCUT2D eigenvalue weighted by Crippen LogP contribution is -2.18. The van der Waals surface area contributed by atoms with Gasteiger partial charge in [-0.15, -0.1) is 11.3 Å². The van der Waals surface area contributed by atoms with Gasteiger partial charge in [-0.25, -0.2) is 0 Å². The smallest absolute Gasteiger partial charge is 0.251 e. The Labute approximate surface area is 189 Å². The molecule has 31 heavy (non-hydrogen) atoms.